The van der Waals surface area contributed by atoms with Crippen LogP contribution in [-0.4, -0.2) is 49.1 Å². The van der Waals surface area contributed by atoms with Gasteiger partial charge in [0.25, 0.3) is 0 Å². The van der Waals surface area contributed by atoms with E-state index in [0.717, 1.165) is 32.4 Å². The number of hydrogen-bond donors (Lipinski definition) is 1. The van der Waals surface area contributed by atoms with Crippen LogP contribution in [0.15, 0.2) is 24.3 Å². The van der Waals surface area contributed by atoms with E-state index in [0.29, 0.717) is 25.1 Å². The van der Waals surface area contributed by atoms with Crippen molar-refractivity contribution in [3.05, 3.63) is 35.6 Å². The van der Waals surface area contributed by atoms with Crippen molar-refractivity contribution in [3.8, 4) is 0 Å². The molecule has 24 heavy (non-hydrogen) atoms. The molecule has 0 spiro atoms. The third-order valence-electron chi connectivity index (χ3n) is 4.90. The summed E-state index contributed by atoms with van der Waals surface area (Å²) in [5, 5.41) is 2.91. The first-order valence-corrected chi connectivity index (χ1v) is 8.57. The molecule has 0 bridgehead atoms. The zero-order valence-corrected chi connectivity index (χ0v) is 13.7. The highest BCUT2D eigenvalue weighted by Crippen LogP contribution is 2.23. The molecule has 130 valence electrons. The van der Waals surface area contributed by atoms with Crippen LogP contribution < -0.4 is 5.32 Å². The number of rotatable bonds is 5. The Hall–Kier alpha value is -1.95. The molecular formula is C18H23FN2O3. The predicted molar refractivity (Wildman–Crippen MR) is 86.8 cm³/mol. The first-order valence-electron chi connectivity index (χ1n) is 8.57. The number of likely N-dealkylation sites (tertiary alicyclic amines) is 1. The molecule has 2 aliphatic heterocycles. The topological polar surface area (TPSA) is 58.6 Å². The molecule has 6 heteroatoms. The molecule has 2 fully saturated rings. The summed E-state index contributed by atoms with van der Waals surface area (Å²) in [6.45, 7) is 2.42. The molecular weight excluding hydrogens is 311 g/mol. The molecule has 1 aromatic carbocycles. The van der Waals surface area contributed by atoms with Crippen LogP contribution in [0.4, 0.5) is 4.39 Å². The summed E-state index contributed by atoms with van der Waals surface area (Å²) in [6.07, 6.45) is 2.73. The highest BCUT2D eigenvalue weighted by molar-refractivity contribution is 5.79. The number of nitrogens with zero attached hydrogens (tertiary/aromatic N) is 1. The SMILES string of the molecule is O=C(NCCc1ccccc1F)C1CCN([C@@H]2CCOC2=O)CC1. The summed E-state index contributed by atoms with van der Waals surface area (Å²) in [5.41, 5.74) is 0.618. The Labute approximate surface area is 141 Å². The quantitative estimate of drug-likeness (QED) is 0.830. The Morgan fingerprint density at radius 2 is 2.00 bits per heavy atom. The average molecular weight is 334 g/mol. The normalized spacial score (nSPS) is 22.4. The van der Waals surface area contributed by atoms with Gasteiger partial charge in [0.1, 0.15) is 11.9 Å². The number of hydrogen-bond acceptors (Lipinski definition) is 4. The monoisotopic (exact) mass is 334 g/mol. The van der Waals surface area contributed by atoms with E-state index in [9.17, 15) is 14.0 Å². The number of amides is 1. The number of benzene rings is 1. The number of cyclic esters (lactones) is 1. The van der Waals surface area contributed by atoms with Crippen LogP contribution >= 0.6 is 0 Å². The second kappa shape index (κ2) is 7.75. The van der Waals surface area contributed by atoms with E-state index >= 15 is 0 Å². The van der Waals surface area contributed by atoms with E-state index in [1.807, 2.05) is 0 Å². The number of carbonyl (C=O) groups is 2. The largest absolute Gasteiger partial charge is 0.464 e. The number of esters is 1. The zero-order valence-electron chi connectivity index (χ0n) is 13.7. The molecule has 0 unspecified atom stereocenters. The first kappa shape index (κ1) is 16.9. The summed E-state index contributed by atoms with van der Waals surface area (Å²) in [7, 11) is 0. The average Bonchev–Trinajstić information content (AvgIpc) is 3.03. The van der Waals surface area contributed by atoms with Crippen molar-refractivity contribution >= 4 is 11.9 Å². The van der Waals surface area contributed by atoms with Crippen molar-refractivity contribution in [1.82, 2.24) is 10.2 Å². The molecule has 1 atom stereocenters. The summed E-state index contributed by atoms with van der Waals surface area (Å²) in [4.78, 5) is 26.0. The standard InChI is InChI=1S/C18H23FN2O3/c19-15-4-2-1-3-13(15)5-9-20-17(22)14-6-10-21(11-7-14)16-8-12-24-18(16)23/h1-4,14,16H,5-12H2,(H,20,22)/t16-/m1/s1. The fourth-order valence-corrected chi connectivity index (χ4v) is 3.46. The van der Waals surface area contributed by atoms with E-state index in [-0.39, 0.29) is 29.7 Å². The maximum absolute atomic E-state index is 13.5. The maximum Gasteiger partial charge on any atom is 0.323 e. The number of ether oxygens (including phenoxy) is 1. The molecule has 1 N–H and O–H groups in total. The lowest BCUT2D eigenvalue weighted by atomic mass is 9.94. The van der Waals surface area contributed by atoms with Crippen LogP contribution in [0.1, 0.15) is 24.8 Å². The molecule has 0 radical (unpaired) electrons. The molecule has 5 nitrogen and oxygen atoms in total. The fraction of sp³-hybridized carbons (Fsp3) is 0.556. The molecule has 0 aromatic heterocycles. The Balaban J connectivity index is 1.41. The molecule has 2 aliphatic rings. The van der Waals surface area contributed by atoms with Crippen molar-refractivity contribution in [2.24, 2.45) is 5.92 Å². The lowest BCUT2D eigenvalue weighted by molar-refractivity contribution is -0.142. The predicted octanol–water partition coefficient (Wildman–Crippen LogP) is 1.51. The van der Waals surface area contributed by atoms with Gasteiger partial charge in [0.15, 0.2) is 0 Å². The Morgan fingerprint density at radius 3 is 2.67 bits per heavy atom. The highest BCUT2D eigenvalue weighted by atomic mass is 19.1. The van der Waals surface area contributed by atoms with Crippen molar-refractivity contribution in [2.75, 3.05) is 26.2 Å². The van der Waals surface area contributed by atoms with Gasteiger partial charge in [-0.1, -0.05) is 18.2 Å². The minimum absolute atomic E-state index is 0.0278. The molecule has 2 saturated heterocycles. The minimum atomic E-state index is -0.233. The fourth-order valence-electron chi connectivity index (χ4n) is 3.46. The van der Waals surface area contributed by atoms with Crippen LogP contribution in [-0.2, 0) is 20.7 Å². The lowest BCUT2D eigenvalue weighted by Gasteiger charge is -2.33. The van der Waals surface area contributed by atoms with E-state index in [4.69, 9.17) is 4.74 Å². The van der Waals surface area contributed by atoms with Crippen LogP contribution in [0, 0.1) is 11.7 Å². The van der Waals surface area contributed by atoms with E-state index < -0.39 is 0 Å². The first-order chi connectivity index (χ1) is 11.6. The molecule has 1 aromatic rings. The van der Waals surface area contributed by atoms with Crippen LogP contribution in [0.25, 0.3) is 0 Å². The van der Waals surface area contributed by atoms with E-state index in [1.165, 1.54) is 6.07 Å². The smallest absolute Gasteiger partial charge is 0.323 e. The Morgan fingerprint density at radius 1 is 1.25 bits per heavy atom. The third kappa shape index (κ3) is 3.93. The third-order valence-corrected chi connectivity index (χ3v) is 4.90. The Kier molecular flexibility index (Phi) is 5.45. The van der Waals surface area contributed by atoms with Gasteiger partial charge in [-0.3, -0.25) is 14.5 Å². The minimum Gasteiger partial charge on any atom is -0.464 e. The van der Waals surface area contributed by atoms with Gasteiger partial charge >= 0.3 is 5.97 Å². The number of halogens is 1. The molecule has 2 heterocycles. The van der Waals surface area contributed by atoms with Gasteiger partial charge in [0.05, 0.1) is 6.61 Å². The van der Waals surface area contributed by atoms with E-state index in [1.54, 1.807) is 18.2 Å². The summed E-state index contributed by atoms with van der Waals surface area (Å²) in [5.74, 6) is -0.370. The zero-order chi connectivity index (χ0) is 16.9. The summed E-state index contributed by atoms with van der Waals surface area (Å²) in [6, 6.07) is 6.49. The number of nitrogens with one attached hydrogen (secondary N) is 1. The molecule has 0 saturated carbocycles. The summed E-state index contributed by atoms with van der Waals surface area (Å²) < 4.78 is 18.5. The van der Waals surface area contributed by atoms with Crippen molar-refractivity contribution in [3.63, 3.8) is 0 Å². The van der Waals surface area contributed by atoms with Crippen LogP contribution in [0.2, 0.25) is 0 Å². The molecule has 3 rings (SSSR count). The van der Waals surface area contributed by atoms with Gasteiger partial charge < -0.3 is 10.1 Å². The number of carbonyl (C=O) groups excluding carboxylic acids is 2. The van der Waals surface area contributed by atoms with Crippen molar-refractivity contribution in [1.29, 1.82) is 0 Å². The van der Waals surface area contributed by atoms with Crippen molar-refractivity contribution < 1.29 is 18.7 Å². The second-order valence-electron chi connectivity index (χ2n) is 6.41. The van der Waals surface area contributed by atoms with Crippen molar-refractivity contribution in [2.45, 2.75) is 31.7 Å². The van der Waals surface area contributed by atoms with Gasteiger partial charge in [-0.25, -0.2) is 4.39 Å². The van der Waals surface area contributed by atoms with Gasteiger partial charge in [-0.2, -0.15) is 0 Å². The summed E-state index contributed by atoms with van der Waals surface area (Å²) >= 11 is 0. The maximum atomic E-state index is 13.5. The second-order valence-corrected chi connectivity index (χ2v) is 6.41. The molecule has 0 aliphatic carbocycles. The number of piperidine rings is 1. The van der Waals surface area contributed by atoms with Gasteiger partial charge in [-0.05, 0) is 44.0 Å². The Bertz CT molecular complexity index is 600. The van der Waals surface area contributed by atoms with Gasteiger partial charge in [-0.15, -0.1) is 0 Å². The molecule has 1 amide bonds. The lowest BCUT2D eigenvalue weighted by Crippen LogP contribution is -2.46. The van der Waals surface area contributed by atoms with Gasteiger partial charge in [0, 0.05) is 18.9 Å². The van der Waals surface area contributed by atoms with Gasteiger partial charge in [0.2, 0.25) is 5.91 Å². The van der Waals surface area contributed by atoms with Crippen LogP contribution in [0.5, 0.6) is 0 Å². The van der Waals surface area contributed by atoms with Crippen LogP contribution in [0.3, 0.4) is 0 Å². The van der Waals surface area contributed by atoms with E-state index in [2.05, 4.69) is 10.2 Å². The highest BCUT2D eigenvalue weighted by Gasteiger charge is 2.35.